The summed E-state index contributed by atoms with van der Waals surface area (Å²) in [5, 5.41) is 4.55. The second-order valence-corrected chi connectivity index (χ2v) is 7.12. The predicted molar refractivity (Wildman–Crippen MR) is 124 cm³/mol. The SMILES string of the molecule is C/C=C\C=C(/CC)[C@H](C/C=C/C)NC(=NC)SCc1cc(OC)cc(OC)c1. The van der Waals surface area contributed by atoms with Gasteiger partial charge in [0.05, 0.1) is 20.3 Å². The number of nitrogens with zero attached hydrogens (tertiary/aromatic N) is 1. The lowest BCUT2D eigenvalue weighted by atomic mass is 10.0. The van der Waals surface area contributed by atoms with Gasteiger partial charge in [-0.2, -0.15) is 0 Å². The molecule has 0 saturated heterocycles. The van der Waals surface area contributed by atoms with Crippen molar-refractivity contribution < 1.29 is 9.47 Å². The number of hydrogen-bond donors (Lipinski definition) is 1. The highest BCUT2D eigenvalue weighted by atomic mass is 32.2. The summed E-state index contributed by atoms with van der Waals surface area (Å²) in [6.45, 7) is 6.28. The van der Waals surface area contributed by atoms with Gasteiger partial charge in [-0.3, -0.25) is 4.99 Å². The highest BCUT2D eigenvalue weighted by Crippen LogP contribution is 2.26. The molecule has 0 amide bonds. The van der Waals surface area contributed by atoms with E-state index < -0.39 is 0 Å². The molecule has 0 aliphatic heterocycles. The van der Waals surface area contributed by atoms with Crippen LogP contribution in [0.25, 0.3) is 0 Å². The molecular formula is C23H34N2O2S. The third-order valence-corrected chi connectivity index (χ3v) is 5.31. The molecule has 0 radical (unpaired) electrons. The number of benzene rings is 1. The fraction of sp³-hybridized carbons (Fsp3) is 0.435. The van der Waals surface area contributed by atoms with Crippen molar-refractivity contribution in [2.45, 2.75) is 45.4 Å². The van der Waals surface area contributed by atoms with Crippen molar-refractivity contribution >= 4 is 16.9 Å². The Morgan fingerprint density at radius 3 is 2.32 bits per heavy atom. The maximum atomic E-state index is 5.37. The first-order valence-corrected chi connectivity index (χ1v) is 10.6. The van der Waals surface area contributed by atoms with Gasteiger partial charge in [0.25, 0.3) is 0 Å². The monoisotopic (exact) mass is 402 g/mol. The smallest absolute Gasteiger partial charge is 0.157 e. The molecule has 1 N–H and O–H groups in total. The van der Waals surface area contributed by atoms with Gasteiger partial charge in [0.2, 0.25) is 0 Å². The van der Waals surface area contributed by atoms with Gasteiger partial charge in [-0.05, 0) is 50.0 Å². The summed E-state index contributed by atoms with van der Waals surface area (Å²) < 4.78 is 10.7. The van der Waals surface area contributed by atoms with Crippen LogP contribution in [0.3, 0.4) is 0 Å². The number of amidine groups is 1. The fourth-order valence-electron chi connectivity index (χ4n) is 2.70. The Balaban J connectivity index is 2.90. The average Bonchev–Trinajstić information content (AvgIpc) is 2.74. The van der Waals surface area contributed by atoms with Crippen molar-refractivity contribution in [2.75, 3.05) is 21.3 Å². The van der Waals surface area contributed by atoms with Crippen LogP contribution >= 0.6 is 11.8 Å². The number of thioether (sulfide) groups is 1. The van der Waals surface area contributed by atoms with Crippen LogP contribution in [0.4, 0.5) is 0 Å². The number of methoxy groups -OCH3 is 2. The van der Waals surface area contributed by atoms with Crippen LogP contribution in [0.5, 0.6) is 11.5 Å². The molecule has 0 saturated carbocycles. The lowest BCUT2D eigenvalue weighted by Crippen LogP contribution is -2.34. The molecule has 0 heterocycles. The standard InChI is InChI=1S/C23H34N2O2S/c1-7-10-12-19(9-3)22(13-11-8-2)25-23(24-4)28-17-18-14-20(26-5)16-21(15-18)27-6/h7-8,10-12,14-16,22H,9,13,17H2,1-6H3,(H,24,25)/b10-7-,11-8+,19-12+/t22-/m0/s1. The summed E-state index contributed by atoms with van der Waals surface area (Å²) in [7, 11) is 5.16. The molecule has 1 aromatic rings. The lowest BCUT2D eigenvalue weighted by Gasteiger charge is -2.22. The Morgan fingerprint density at radius 2 is 1.82 bits per heavy atom. The molecule has 154 valence electrons. The molecule has 1 atom stereocenters. The van der Waals surface area contributed by atoms with Gasteiger partial charge in [-0.15, -0.1) is 0 Å². The van der Waals surface area contributed by atoms with Gasteiger partial charge in [-0.25, -0.2) is 0 Å². The molecule has 0 unspecified atom stereocenters. The number of ether oxygens (including phenoxy) is 2. The quantitative estimate of drug-likeness (QED) is 0.234. The van der Waals surface area contributed by atoms with Crippen molar-refractivity contribution in [1.29, 1.82) is 0 Å². The summed E-state index contributed by atoms with van der Waals surface area (Å²) >= 11 is 1.68. The van der Waals surface area contributed by atoms with Crippen molar-refractivity contribution in [2.24, 2.45) is 4.99 Å². The number of hydrogen-bond acceptors (Lipinski definition) is 4. The van der Waals surface area contributed by atoms with E-state index in [1.807, 2.05) is 32.2 Å². The highest BCUT2D eigenvalue weighted by molar-refractivity contribution is 8.13. The zero-order chi connectivity index (χ0) is 20.8. The van der Waals surface area contributed by atoms with Crippen molar-refractivity contribution in [3.63, 3.8) is 0 Å². The van der Waals surface area contributed by atoms with Gasteiger partial charge in [0.1, 0.15) is 11.5 Å². The summed E-state index contributed by atoms with van der Waals surface area (Å²) in [5.41, 5.74) is 2.50. The molecule has 0 spiro atoms. The largest absolute Gasteiger partial charge is 0.497 e. The molecule has 1 rings (SSSR count). The van der Waals surface area contributed by atoms with Crippen LogP contribution in [0, 0.1) is 0 Å². The fourth-order valence-corrected chi connectivity index (χ4v) is 3.52. The lowest BCUT2D eigenvalue weighted by molar-refractivity contribution is 0.393. The van der Waals surface area contributed by atoms with Crippen LogP contribution in [0.15, 0.2) is 59.1 Å². The van der Waals surface area contributed by atoms with Crippen LogP contribution in [0.1, 0.15) is 39.2 Å². The van der Waals surface area contributed by atoms with E-state index in [1.54, 1.807) is 26.0 Å². The summed E-state index contributed by atoms with van der Waals surface area (Å²) in [6.07, 6.45) is 12.6. The van der Waals surface area contributed by atoms with Gasteiger partial charge in [0.15, 0.2) is 5.17 Å². The van der Waals surface area contributed by atoms with Gasteiger partial charge in [0, 0.05) is 18.9 Å². The number of nitrogens with one attached hydrogen (secondary N) is 1. The first kappa shape index (κ1) is 23.9. The summed E-state index contributed by atoms with van der Waals surface area (Å²) in [4.78, 5) is 4.47. The van der Waals surface area contributed by atoms with E-state index in [-0.39, 0.29) is 6.04 Å². The topological polar surface area (TPSA) is 42.9 Å². The molecule has 0 fully saturated rings. The maximum absolute atomic E-state index is 5.37. The Bertz CT molecular complexity index is 686. The molecule has 5 heteroatoms. The third-order valence-electron chi connectivity index (χ3n) is 4.25. The maximum Gasteiger partial charge on any atom is 0.157 e. The zero-order valence-corrected chi connectivity index (χ0v) is 18.8. The molecule has 0 aliphatic rings. The Hall–Kier alpha value is -2.14. The van der Waals surface area contributed by atoms with E-state index in [0.717, 1.165) is 40.8 Å². The minimum atomic E-state index is 0.225. The van der Waals surface area contributed by atoms with Gasteiger partial charge >= 0.3 is 0 Å². The molecule has 0 bridgehead atoms. The number of aliphatic imine (C=N–C) groups is 1. The molecule has 4 nitrogen and oxygen atoms in total. The van der Waals surface area contributed by atoms with Crippen molar-refractivity contribution in [3.05, 3.63) is 59.7 Å². The molecular weight excluding hydrogens is 368 g/mol. The molecule has 0 aromatic heterocycles. The van der Waals surface area contributed by atoms with E-state index in [9.17, 15) is 0 Å². The summed E-state index contributed by atoms with van der Waals surface area (Å²) in [5.74, 6) is 2.38. The second-order valence-electron chi connectivity index (χ2n) is 6.16. The van der Waals surface area contributed by atoms with Crippen molar-refractivity contribution in [1.82, 2.24) is 5.32 Å². The minimum absolute atomic E-state index is 0.225. The van der Waals surface area contributed by atoms with E-state index in [0.29, 0.717) is 0 Å². The van der Waals surface area contributed by atoms with E-state index in [2.05, 4.69) is 54.5 Å². The zero-order valence-electron chi connectivity index (χ0n) is 18.0. The predicted octanol–water partition coefficient (Wildman–Crippen LogP) is 5.76. The Labute approximate surface area is 174 Å². The van der Waals surface area contributed by atoms with E-state index in [1.165, 1.54) is 5.57 Å². The number of allylic oxidation sites excluding steroid dienone is 4. The molecule has 28 heavy (non-hydrogen) atoms. The van der Waals surface area contributed by atoms with Crippen molar-refractivity contribution in [3.8, 4) is 11.5 Å². The molecule has 1 aromatic carbocycles. The number of rotatable bonds is 10. The second kappa shape index (κ2) is 13.9. The van der Waals surface area contributed by atoms with Crippen LogP contribution in [-0.4, -0.2) is 32.5 Å². The third kappa shape index (κ3) is 8.26. The molecule has 0 aliphatic carbocycles. The van der Waals surface area contributed by atoms with E-state index >= 15 is 0 Å². The van der Waals surface area contributed by atoms with E-state index in [4.69, 9.17) is 9.47 Å². The van der Waals surface area contributed by atoms with Gasteiger partial charge < -0.3 is 14.8 Å². The first-order chi connectivity index (χ1) is 13.6. The highest BCUT2D eigenvalue weighted by Gasteiger charge is 2.14. The average molecular weight is 403 g/mol. The van der Waals surface area contributed by atoms with Gasteiger partial charge in [-0.1, -0.05) is 49.1 Å². The minimum Gasteiger partial charge on any atom is -0.497 e. The van der Waals surface area contributed by atoms with Crippen LogP contribution in [-0.2, 0) is 5.75 Å². The summed E-state index contributed by atoms with van der Waals surface area (Å²) in [6, 6.07) is 6.17. The Morgan fingerprint density at radius 1 is 1.14 bits per heavy atom. The Kier molecular flexibility index (Phi) is 11.9. The van der Waals surface area contributed by atoms with Crippen LogP contribution in [0.2, 0.25) is 0 Å². The van der Waals surface area contributed by atoms with Crippen LogP contribution < -0.4 is 14.8 Å². The first-order valence-electron chi connectivity index (χ1n) is 9.62. The normalized spacial score (nSPS) is 13.9.